The zero-order valence-electron chi connectivity index (χ0n) is 10.5. The minimum atomic E-state index is -1.05. The number of aliphatic hydroxyl groups is 1. The first-order valence-corrected chi connectivity index (χ1v) is 6.83. The van der Waals surface area contributed by atoms with E-state index in [2.05, 4.69) is 5.32 Å². The largest absolute Gasteiger partial charge is 0.388 e. The molecule has 1 aromatic rings. The number of hydrogen-bond donors (Lipinski definition) is 3. The molecule has 0 bridgehead atoms. The van der Waals surface area contributed by atoms with E-state index in [1.807, 2.05) is 0 Å². The molecule has 2 amide bonds. The van der Waals surface area contributed by atoms with Crippen molar-refractivity contribution in [3.63, 3.8) is 0 Å². The van der Waals surface area contributed by atoms with Crippen LogP contribution >= 0.6 is 23.2 Å². The van der Waals surface area contributed by atoms with Crippen LogP contribution in [-0.4, -0.2) is 22.5 Å². The van der Waals surface area contributed by atoms with Crippen LogP contribution in [0.15, 0.2) is 18.2 Å². The van der Waals surface area contributed by atoms with Gasteiger partial charge in [-0.2, -0.15) is 0 Å². The van der Waals surface area contributed by atoms with E-state index in [1.54, 1.807) is 0 Å². The molecule has 1 fully saturated rings. The monoisotopic (exact) mass is 316 g/mol. The Morgan fingerprint density at radius 3 is 2.30 bits per heavy atom. The van der Waals surface area contributed by atoms with Crippen molar-refractivity contribution < 1.29 is 14.7 Å². The normalized spacial score (nSPS) is 17.4. The van der Waals surface area contributed by atoms with Gasteiger partial charge < -0.3 is 16.2 Å². The van der Waals surface area contributed by atoms with Gasteiger partial charge in [0.25, 0.3) is 0 Å². The molecular formula is C13H14Cl2N2O3. The van der Waals surface area contributed by atoms with Crippen molar-refractivity contribution in [3.8, 4) is 0 Å². The van der Waals surface area contributed by atoms with Crippen LogP contribution in [0.3, 0.4) is 0 Å². The number of halogens is 2. The topological polar surface area (TPSA) is 92.4 Å². The lowest BCUT2D eigenvalue weighted by Gasteiger charge is -2.16. The maximum atomic E-state index is 11.8. The summed E-state index contributed by atoms with van der Waals surface area (Å²) in [6, 6.07) is 4.60. The number of carbonyl (C=O) groups is 2. The Bertz CT molecular complexity index is 538. The standard InChI is InChI=1S/C13H14Cl2N2O3/c14-8-3-7(4-9(15)5-8)10(18)6-11(19)17-13(1-2-13)12(16)20/h3-5,10,18H,1-2,6H2,(H2,16,20)(H,17,19)/t10-/m1/s1. The SMILES string of the molecule is NC(=O)C1(NC(=O)C[C@@H](O)c2cc(Cl)cc(Cl)c2)CC1. The first-order valence-electron chi connectivity index (χ1n) is 6.07. The fourth-order valence-electron chi connectivity index (χ4n) is 1.94. The first kappa shape index (κ1) is 15.1. The Morgan fingerprint density at radius 2 is 1.85 bits per heavy atom. The molecule has 5 nitrogen and oxygen atoms in total. The van der Waals surface area contributed by atoms with Gasteiger partial charge in [0, 0.05) is 10.0 Å². The van der Waals surface area contributed by atoms with E-state index in [0.717, 1.165) is 0 Å². The molecule has 0 radical (unpaired) electrons. The molecule has 4 N–H and O–H groups in total. The number of rotatable bonds is 5. The highest BCUT2D eigenvalue weighted by Gasteiger charge is 2.49. The van der Waals surface area contributed by atoms with Crippen LogP contribution in [0.25, 0.3) is 0 Å². The Balaban J connectivity index is 1.99. The fourth-order valence-corrected chi connectivity index (χ4v) is 2.48. The van der Waals surface area contributed by atoms with Crippen LogP contribution in [0.2, 0.25) is 10.0 Å². The van der Waals surface area contributed by atoms with Crippen molar-refractivity contribution in [2.45, 2.75) is 30.9 Å². The van der Waals surface area contributed by atoms with Crippen molar-refractivity contribution in [1.82, 2.24) is 5.32 Å². The van der Waals surface area contributed by atoms with Crippen LogP contribution in [0.5, 0.6) is 0 Å². The fraction of sp³-hybridized carbons (Fsp3) is 0.385. The second-order valence-corrected chi connectivity index (χ2v) is 5.79. The van der Waals surface area contributed by atoms with E-state index in [9.17, 15) is 14.7 Å². The maximum Gasteiger partial charge on any atom is 0.243 e. The highest BCUT2D eigenvalue weighted by molar-refractivity contribution is 6.34. The predicted octanol–water partition coefficient (Wildman–Crippen LogP) is 1.55. The highest BCUT2D eigenvalue weighted by atomic mass is 35.5. The third kappa shape index (κ3) is 3.42. The van der Waals surface area contributed by atoms with Crippen molar-refractivity contribution >= 4 is 35.0 Å². The molecule has 1 saturated carbocycles. The van der Waals surface area contributed by atoms with Gasteiger partial charge in [-0.25, -0.2) is 0 Å². The summed E-state index contributed by atoms with van der Waals surface area (Å²) in [4.78, 5) is 23.0. The van der Waals surface area contributed by atoms with Gasteiger partial charge in [-0.3, -0.25) is 9.59 Å². The Labute approximate surface area is 126 Å². The van der Waals surface area contributed by atoms with Crippen LogP contribution in [0.1, 0.15) is 30.9 Å². The van der Waals surface area contributed by atoms with Crippen LogP contribution < -0.4 is 11.1 Å². The summed E-state index contributed by atoms with van der Waals surface area (Å²) in [6.07, 6.45) is -0.165. The molecule has 0 unspecified atom stereocenters. The molecule has 0 aromatic heterocycles. The maximum absolute atomic E-state index is 11.8. The molecule has 0 spiro atoms. The molecule has 1 aromatic carbocycles. The summed E-state index contributed by atoms with van der Waals surface area (Å²) in [5.74, 6) is -0.990. The number of aliphatic hydroxyl groups excluding tert-OH is 1. The number of benzene rings is 1. The second-order valence-electron chi connectivity index (χ2n) is 4.92. The molecule has 0 saturated heterocycles. The van der Waals surface area contributed by atoms with Gasteiger partial charge in [0.1, 0.15) is 5.54 Å². The van der Waals surface area contributed by atoms with Crippen molar-refractivity contribution in [2.75, 3.05) is 0 Å². The van der Waals surface area contributed by atoms with E-state index >= 15 is 0 Å². The molecule has 1 aliphatic carbocycles. The molecule has 0 aliphatic heterocycles. The molecule has 108 valence electrons. The molecule has 20 heavy (non-hydrogen) atoms. The molecule has 0 heterocycles. The van der Waals surface area contributed by atoms with Crippen LogP contribution in [-0.2, 0) is 9.59 Å². The van der Waals surface area contributed by atoms with Gasteiger partial charge >= 0.3 is 0 Å². The minimum Gasteiger partial charge on any atom is -0.388 e. The van der Waals surface area contributed by atoms with Gasteiger partial charge in [0.2, 0.25) is 11.8 Å². The lowest BCUT2D eigenvalue weighted by molar-refractivity contribution is -0.129. The third-order valence-corrected chi connectivity index (χ3v) is 3.69. The summed E-state index contributed by atoms with van der Waals surface area (Å²) in [5.41, 5.74) is 4.73. The minimum absolute atomic E-state index is 0.189. The molecule has 1 aliphatic rings. The van der Waals surface area contributed by atoms with Crippen molar-refractivity contribution in [3.05, 3.63) is 33.8 Å². The van der Waals surface area contributed by atoms with E-state index in [-0.39, 0.29) is 6.42 Å². The number of carbonyl (C=O) groups excluding carboxylic acids is 2. The van der Waals surface area contributed by atoms with Crippen molar-refractivity contribution in [1.29, 1.82) is 0 Å². The molecule has 7 heteroatoms. The summed E-state index contributed by atoms with van der Waals surface area (Å²) >= 11 is 11.7. The van der Waals surface area contributed by atoms with Gasteiger partial charge in [-0.1, -0.05) is 23.2 Å². The summed E-state index contributed by atoms with van der Waals surface area (Å²) < 4.78 is 0. The lowest BCUT2D eigenvalue weighted by atomic mass is 10.1. The zero-order chi connectivity index (χ0) is 14.9. The Hall–Kier alpha value is -1.30. The number of nitrogens with two attached hydrogens (primary N) is 1. The summed E-state index contributed by atoms with van der Waals surface area (Å²) in [6.45, 7) is 0. The van der Waals surface area contributed by atoms with E-state index in [4.69, 9.17) is 28.9 Å². The molecule has 1 atom stereocenters. The number of amides is 2. The van der Waals surface area contributed by atoms with Gasteiger partial charge in [0.05, 0.1) is 12.5 Å². The predicted molar refractivity (Wildman–Crippen MR) is 75.3 cm³/mol. The first-order chi connectivity index (χ1) is 9.32. The van der Waals surface area contributed by atoms with Crippen molar-refractivity contribution in [2.24, 2.45) is 5.73 Å². The van der Waals surface area contributed by atoms with Gasteiger partial charge in [-0.15, -0.1) is 0 Å². The summed E-state index contributed by atoms with van der Waals surface area (Å²) in [7, 11) is 0. The molecule has 2 rings (SSSR count). The Morgan fingerprint density at radius 1 is 1.30 bits per heavy atom. The highest BCUT2D eigenvalue weighted by Crippen LogP contribution is 2.35. The average Bonchev–Trinajstić information content (AvgIpc) is 3.08. The molecular weight excluding hydrogens is 303 g/mol. The van der Waals surface area contributed by atoms with Crippen LogP contribution in [0, 0.1) is 0 Å². The van der Waals surface area contributed by atoms with E-state index in [0.29, 0.717) is 28.5 Å². The second kappa shape index (κ2) is 5.60. The number of primary amides is 1. The lowest BCUT2D eigenvalue weighted by Crippen LogP contribution is -2.47. The van der Waals surface area contributed by atoms with Crippen LogP contribution in [0.4, 0.5) is 0 Å². The third-order valence-electron chi connectivity index (χ3n) is 3.25. The quantitative estimate of drug-likeness (QED) is 0.769. The zero-order valence-corrected chi connectivity index (χ0v) is 12.0. The average molecular weight is 317 g/mol. The van der Waals surface area contributed by atoms with E-state index < -0.39 is 23.5 Å². The smallest absolute Gasteiger partial charge is 0.243 e. The van der Waals surface area contributed by atoms with Gasteiger partial charge in [-0.05, 0) is 36.6 Å². The van der Waals surface area contributed by atoms with E-state index in [1.165, 1.54) is 18.2 Å². The number of nitrogens with one attached hydrogen (secondary N) is 1. The van der Waals surface area contributed by atoms with Gasteiger partial charge in [0.15, 0.2) is 0 Å². The number of hydrogen-bond acceptors (Lipinski definition) is 3. The Kier molecular flexibility index (Phi) is 4.22. The summed E-state index contributed by atoms with van der Waals surface area (Å²) in [5, 5.41) is 13.3.